The third-order valence-electron chi connectivity index (χ3n) is 3.92. The molecular weight excluding hydrogens is 341 g/mol. The Morgan fingerprint density at radius 3 is 2.42 bits per heavy atom. The van der Waals surface area contributed by atoms with Crippen molar-refractivity contribution in [1.82, 2.24) is 24.2 Å². The van der Waals surface area contributed by atoms with Crippen molar-refractivity contribution >= 4 is 22.7 Å². The molecular formula is C17H16FN5O3. The van der Waals surface area contributed by atoms with E-state index < -0.39 is 29.1 Å². The van der Waals surface area contributed by atoms with Crippen LogP contribution in [0.15, 0.2) is 41.6 Å². The number of nitrogens with zero attached hydrogens (tertiary/aromatic N) is 5. The fraction of sp³-hybridized carbons (Fsp3) is 0.235. The van der Waals surface area contributed by atoms with E-state index in [1.165, 1.54) is 61.1 Å². The zero-order valence-corrected chi connectivity index (χ0v) is 14.4. The predicted molar refractivity (Wildman–Crippen MR) is 91.5 cm³/mol. The molecule has 0 aliphatic rings. The number of ketones is 1. The number of halogens is 1. The molecule has 0 aliphatic heterocycles. The van der Waals surface area contributed by atoms with E-state index in [-0.39, 0.29) is 11.0 Å². The fourth-order valence-electron chi connectivity index (χ4n) is 2.61. The minimum Gasteiger partial charge on any atom is -0.347 e. The second-order valence-electron chi connectivity index (χ2n) is 5.97. The van der Waals surface area contributed by atoms with Crippen LogP contribution in [0, 0.1) is 5.82 Å². The Kier molecular flexibility index (Phi) is 4.37. The zero-order chi connectivity index (χ0) is 19.0. The summed E-state index contributed by atoms with van der Waals surface area (Å²) in [6, 6.07) is 4.26. The maximum absolute atomic E-state index is 13.1. The number of aromatic nitrogens is 4. The van der Waals surface area contributed by atoms with Gasteiger partial charge < -0.3 is 4.90 Å². The molecule has 0 bridgehead atoms. The average molecular weight is 357 g/mol. The van der Waals surface area contributed by atoms with Gasteiger partial charge in [-0.2, -0.15) is 5.10 Å². The first-order valence-electron chi connectivity index (χ1n) is 7.73. The van der Waals surface area contributed by atoms with Gasteiger partial charge in [0, 0.05) is 14.1 Å². The summed E-state index contributed by atoms with van der Waals surface area (Å²) in [6.07, 6.45) is 2.46. The fourth-order valence-corrected chi connectivity index (χ4v) is 2.61. The molecule has 3 rings (SSSR count). The Bertz CT molecular complexity index is 1050. The van der Waals surface area contributed by atoms with Crippen LogP contribution in [0.1, 0.15) is 13.0 Å². The van der Waals surface area contributed by atoms with Crippen LogP contribution in [0.25, 0.3) is 16.7 Å². The third kappa shape index (κ3) is 2.87. The van der Waals surface area contributed by atoms with E-state index in [0.717, 1.165) is 10.9 Å². The molecule has 9 heteroatoms. The van der Waals surface area contributed by atoms with Crippen molar-refractivity contribution in [2.75, 3.05) is 14.1 Å². The van der Waals surface area contributed by atoms with Gasteiger partial charge in [-0.05, 0) is 31.2 Å². The molecule has 2 heterocycles. The highest BCUT2D eigenvalue weighted by Gasteiger charge is 2.29. The molecule has 8 nitrogen and oxygen atoms in total. The van der Waals surface area contributed by atoms with Crippen LogP contribution in [0.2, 0.25) is 0 Å². The van der Waals surface area contributed by atoms with Crippen molar-refractivity contribution in [2.45, 2.75) is 13.0 Å². The van der Waals surface area contributed by atoms with Crippen LogP contribution < -0.4 is 5.56 Å². The Hall–Kier alpha value is -3.36. The first kappa shape index (κ1) is 17.5. The number of carbonyl (C=O) groups is 2. The summed E-state index contributed by atoms with van der Waals surface area (Å²) in [6.45, 7) is 1.24. The lowest BCUT2D eigenvalue weighted by Crippen LogP contribution is -2.40. The number of hydrogen-bond donors (Lipinski definition) is 0. The van der Waals surface area contributed by atoms with Gasteiger partial charge in [0.1, 0.15) is 17.5 Å². The number of benzene rings is 1. The first-order valence-corrected chi connectivity index (χ1v) is 7.73. The van der Waals surface area contributed by atoms with E-state index >= 15 is 0 Å². The van der Waals surface area contributed by atoms with Gasteiger partial charge in [0.15, 0.2) is 17.5 Å². The smallest absolute Gasteiger partial charge is 0.265 e. The standard InChI is InChI=1S/C17H16FN5O3/c1-10(24)14(17(26)21(2)3)22-9-19-15-13(16(22)25)8-20-23(15)12-6-4-11(18)5-7-12/h4-9,14H,1-3H3/t14-/m0/s1. The van der Waals surface area contributed by atoms with Crippen molar-refractivity contribution in [3.05, 3.63) is 53.0 Å². The van der Waals surface area contributed by atoms with E-state index in [1.807, 2.05) is 0 Å². The molecule has 0 N–H and O–H groups in total. The van der Waals surface area contributed by atoms with Crippen molar-refractivity contribution in [3.63, 3.8) is 0 Å². The van der Waals surface area contributed by atoms with Crippen LogP contribution in [-0.4, -0.2) is 50.0 Å². The average Bonchev–Trinajstić information content (AvgIpc) is 3.02. The molecule has 0 saturated carbocycles. The summed E-state index contributed by atoms with van der Waals surface area (Å²) in [5, 5.41) is 4.27. The summed E-state index contributed by atoms with van der Waals surface area (Å²) in [5.41, 5.74) is 0.217. The number of fused-ring (bicyclic) bond motifs is 1. The van der Waals surface area contributed by atoms with Crippen LogP contribution >= 0.6 is 0 Å². The minimum absolute atomic E-state index is 0.148. The van der Waals surface area contributed by atoms with Gasteiger partial charge in [-0.15, -0.1) is 0 Å². The van der Waals surface area contributed by atoms with Gasteiger partial charge in [-0.3, -0.25) is 19.0 Å². The second kappa shape index (κ2) is 6.51. The van der Waals surface area contributed by atoms with Gasteiger partial charge in [0.2, 0.25) is 0 Å². The largest absolute Gasteiger partial charge is 0.347 e. The highest BCUT2D eigenvalue weighted by molar-refractivity contribution is 6.02. The monoisotopic (exact) mass is 357 g/mol. The van der Waals surface area contributed by atoms with Gasteiger partial charge in [-0.1, -0.05) is 0 Å². The van der Waals surface area contributed by atoms with E-state index in [2.05, 4.69) is 10.1 Å². The molecule has 0 saturated heterocycles. The van der Waals surface area contributed by atoms with E-state index in [9.17, 15) is 18.8 Å². The predicted octanol–water partition coefficient (Wildman–Crippen LogP) is 0.940. The summed E-state index contributed by atoms with van der Waals surface area (Å²) in [4.78, 5) is 42.5. The highest BCUT2D eigenvalue weighted by atomic mass is 19.1. The lowest BCUT2D eigenvalue weighted by molar-refractivity contribution is -0.137. The number of rotatable bonds is 4. The molecule has 1 amide bonds. The van der Waals surface area contributed by atoms with Crippen molar-refractivity contribution in [2.24, 2.45) is 0 Å². The van der Waals surface area contributed by atoms with Crippen molar-refractivity contribution in [1.29, 1.82) is 0 Å². The Labute approximate surface area is 147 Å². The van der Waals surface area contributed by atoms with Crippen LogP contribution in [-0.2, 0) is 9.59 Å². The van der Waals surface area contributed by atoms with E-state index in [4.69, 9.17) is 0 Å². The quantitative estimate of drug-likeness (QED) is 0.648. The van der Waals surface area contributed by atoms with Crippen LogP contribution in [0.4, 0.5) is 4.39 Å². The van der Waals surface area contributed by atoms with Crippen molar-refractivity contribution < 1.29 is 14.0 Å². The van der Waals surface area contributed by atoms with Gasteiger partial charge >= 0.3 is 0 Å². The second-order valence-corrected chi connectivity index (χ2v) is 5.97. The van der Waals surface area contributed by atoms with Gasteiger partial charge in [-0.25, -0.2) is 14.1 Å². The van der Waals surface area contributed by atoms with Crippen molar-refractivity contribution in [3.8, 4) is 5.69 Å². The number of Topliss-reactive ketones (excluding diaryl/α,β-unsaturated/α-hetero) is 1. The Morgan fingerprint density at radius 1 is 1.19 bits per heavy atom. The molecule has 1 atom stereocenters. The van der Waals surface area contributed by atoms with E-state index in [0.29, 0.717) is 5.69 Å². The Balaban J connectivity index is 2.16. The molecule has 1 aromatic carbocycles. The number of hydrogen-bond acceptors (Lipinski definition) is 5. The van der Waals surface area contributed by atoms with Crippen LogP contribution in [0.3, 0.4) is 0 Å². The zero-order valence-electron chi connectivity index (χ0n) is 14.4. The molecule has 0 aliphatic carbocycles. The minimum atomic E-state index is -1.29. The molecule has 0 fully saturated rings. The first-order chi connectivity index (χ1) is 12.3. The maximum atomic E-state index is 13.1. The molecule has 0 radical (unpaired) electrons. The number of amides is 1. The molecule has 134 valence electrons. The Morgan fingerprint density at radius 2 is 1.85 bits per heavy atom. The highest BCUT2D eigenvalue weighted by Crippen LogP contribution is 2.16. The normalized spacial score (nSPS) is 12.2. The molecule has 26 heavy (non-hydrogen) atoms. The van der Waals surface area contributed by atoms with Crippen LogP contribution in [0.5, 0.6) is 0 Å². The lowest BCUT2D eigenvalue weighted by atomic mass is 10.1. The molecule has 0 spiro atoms. The molecule has 2 aromatic heterocycles. The van der Waals surface area contributed by atoms with Gasteiger partial charge in [0.05, 0.1) is 11.9 Å². The summed E-state index contributed by atoms with van der Waals surface area (Å²) >= 11 is 0. The number of carbonyl (C=O) groups excluding carboxylic acids is 2. The molecule has 0 unspecified atom stereocenters. The van der Waals surface area contributed by atoms with E-state index in [1.54, 1.807) is 0 Å². The third-order valence-corrected chi connectivity index (χ3v) is 3.92. The topological polar surface area (TPSA) is 90.1 Å². The lowest BCUT2D eigenvalue weighted by Gasteiger charge is -2.20. The summed E-state index contributed by atoms with van der Waals surface area (Å²) in [5.74, 6) is -1.39. The SMILES string of the molecule is CC(=O)[C@@H](C(=O)N(C)C)n1cnc2c(cnn2-c2ccc(F)cc2)c1=O. The molecule has 3 aromatic rings. The number of likely N-dealkylation sites (N-methyl/N-ethyl adjacent to an activating group) is 1. The summed E-state index contributed by atoms with van der Waals surface area (Å²) in [7, 11) is 3.00. The summed E-state index contributed by atoms with van der Waals surface area (Å²) < 4.78 is 15.5. The van der Waals surface area contributed by atoms with Gasteiger partial charge in [0.25, 0.3) is 11.5 Å². The maximum Gasteiger partial charge on any atom is 0.265 e.